The van der Waals surface area contributed by atoms with Crippen molar-refractivity contribution < 1.29 is 14.2 Å². The molecule has 1 aliphatic carbocycles. The number of hydrogen-bond acceptors (Lipinski definition) is 2. The van der Waals surface area contributed by atoms with Crippen LogP contribution in [0, 0.1) is 5.82 Å². The summed E-state index contributed by atoms with van der Waals surface area (Å²) in [5, 5.41) is 10.0. The van der Waals surface area contributed by atoms with Crippen LogP contribution in [0.5, 0.6) is 5.75 Å². The van der Waals surface area contributed by atoms with Crippen molar-refractivity contribution in [2.75, 3.05) is 6.61 Å². The molecule has 2 rings (SSSR count). The molecule has 1 aliphatic rings. The van der Waals surface area contributed by atoms with Gasteiger partial charge in [0, 0.05) is 6.07 Å². The van der Waals surface area contributed by atoms with E-state index < -0.39 is 5.60 Å². The fourth-order valence-electron chi connectivity index (χ4n) is 1.95. The van der Waals surface area contributed by atoms with Crippen LogP contribution < -0.4 is 4.74 Å². The summed E-state index contributed by atoms with van der Waals surface area (Å²) in [7, 11) is 0. The molecule has 0 unspecified atom stereocenters. The molecule has 82 valence electrons. The van der Waals surface area contributed by atoms with Gasteiger partial charge < -0.3 is 9.84 Å². The molecule has 0 atom stereocenters. The molecular formula is C12H15FO2. The fraction of sp³-hybridized carbons (Fsp3) is 0.500. The SMILES string of the molecule is OC1(COc2cccc(F)c2)CCCC1. The number of hydrogen-bond donors (Lipinski definition) is 1. The lowest BCUT2D eigenvalue weighted by atomic mass is 10.0. The average molecular weight is 210 g/mol. The molecule has 15 heavy (non-hydrogen) atoms. The van der Waals surface area contributed by atoms with Crippen LogP contribution in [0.25, 0.3) is 0 Å². The normalized spacial score (nSPS) is 19.1. The fourth-order valence-corrected chi connectivity index (χ4v) is 1.95. The summed E-state index contributed by atoms with van der Waals surface area (Å²) >= 11 is 0. The van der Waals surface area contributed by atoms with Crippen LogP contribution in [-0.2, 0) is 0 Å². The molecule has 0 bridgehead atoms. The second-order valence-corrected chi connectivity index (χ2v) is 4.18. The standard InChI is InChI=1S/C12H15FO2/c13-10-4-3-5-11(8-10)15-9-12(14)6-1-2-7-12/h3-5,8,14H,1-2,6-7,9H2. The summed E-state index contributed by atoms with van der Waals surface area (Å²) in [5.74, 6) is 0.168. The van der Waals surface area contributed by atoms with Crippen LogP contribution in [0.4, 0.5) is 4.39 Å². The maximum atomic E-state index is 12.8. The molecule has 0 aliphatic heterocycles. The van der Waals surface area contributed by atoms with Gasteiger partial charge in [0.2, 0.25) is 0 Å². The highest BCUT2D eigenvalue weighted by Crippen LogP contribution is 2.30. The summed E-state index contributed by atoms with van der Waals surface area (Å²) < 4.78 is 18.2. The van der Waals surface area contributed by atoms with Crippen molar-refractivity contribution in [2.45, 2.75) is 31.3 Å². The van der Waals surface area contributed by atoms with E-state index in [2.05, 4.69) is 0 Å². The van der Waals surface area contributed by atoms with E-state index in [-0.39, 0.29) is 12.4 Å². The Bertz CT molecular complexity index is 332. The van der Waals surface area contributed by atoms with Crippen LogP contribution in [-0.4, -0.2) is 17.3 Å². The van der Waals surface area contributed by atoms with E-state index in [1.165, 1.54) is 12.1 Å². The molecule has 1 N–H and O–H groups in total. The number of rotatable bonds is 3. The van der Waals surface area contributed by atoms with Crippen molar-refractivity contribution in [3.63, 3.8) is 0 Å². The van der Waals surface area contributed by atoms with E-state index in [0.29, 0.717) is 5.75 Å². The number of ether oxygens (including phenoxy) is 1. The molecule has 0 spiro atoms. The first-order valence-corrected chi connectivity index (χ1v) is 5.29. The molecule has 0 radical (unpaired) electrons. The van der Waals surface area contributed by atoms with E-state index in [9.17, 15) is 9.50 Å². The summed E-state index contributed by atoms with van der Waals surface area (Å²) in [6, 6.07) is 6.00. The summed E-state index contributed by atoms with van der Waals surface area (Å²) in [6.45, 7) is 0.260. The lowest BCUT2D eigenvalue weighted by Gasteiger charge is -2.22. The number of aliphatic hydroxyl groups is 1. The molecule has 1 fully saturated rings. The molecule has 0 amide bonds. The maximum absolute atomic E-state index is 12.8. The van der Waals surface area contributed by atoms with Crippen molar-refractivity contribution in [1.29, 1.82) is 0 Å². The molecule has 0 aromatic heterocycles. The minimum absolute atomic E-state index is 0.260. The van der Waals surface area contributed by atoms with Gasteiger partial charge in [0.1, 0.15) is 18.2 Å². The zero-order valence-electron chi connectivity index (χ0n) is 8.58. The Morgan fingerprint density at radius 3 is 2.73 bits per heavy atom. The molecule has 2 nitrogen and oxygen atoms in total. The summed E-state index contributed by atoms with van der Waals surface area (Å²) in [4.78, 5) is 0. The molecule has 0 heterocycles. The van der Waals surface area contributed by atoms with Gasteiger partial charge in [0.25, 0.3) is 0 Å². The summed E-state index contributed by atoms with van der Waals surface area (Å²) in [6.07, 6.45) is 3.65. The summed E-state index contributed by atoms with van der Waals surface area (Å²) in [5.41, 5.74) is -0.702. The van der Waals surface area contributed by atoms with E-state index in [1.807, 2.05) is 0 Å². The van der Waals surface area contributed by atoms with Gasteiger partial charge >= 0.3 is 0 Å². The Morgan fingerprint density at radius 1 is 1.33 bits per heavy atom. The highest BCUT2D eigenvalue weighted by molar-refractivity contribution is 5.22. The van der Waals surface area contributed by atoms with E-state index in [1.54, 1.807) is 12.1 Å². The smallest absolute Gasteiger partial charge is 0.126 e. The van der Waals surface area contributed by atoms with Crippen LogP contribution in [0.3, 0.4) is 0 Å². The quantitative estimate of drug-likeness (QED) is 0.830. The Morgan fingerprint density at radius 2 is 2.07 bits per heavy atom. The van der Waals surface area contributed by atoms with Crippen LogP contribution in [0.2, 0.25) is 0 Å². The highest BCUT2D eigenvalue weighted by atomic mass is 19.1. The lowest BCUT2D eigenvalue weighted by molar-refractivity contribution is 0.00132. The van der Waals surface area contributed by atoms with Crippen molar-refractivity contribution in [3.05, 3.63) is 30.1 Å². The van der Waals surface area contributed by atoms with Crippen LogP contribution in [0.1, 0.15) is 25.7 Å². The predicted molar refractivity (Wildman–Crippen MR) is 55.3 cm³/mol. The van der Waals surface area contributed by atoms with Crippen molar-refractivity contribution in [2.24, 2.45) is 0 Å². The Kier molecular flexibility index (Phi) is 2.91. The largest absolute Gasteiger partial charge is 0.490 e. The van der Waals surface area contributed by atoms with Gasteiger partial charge in [-0.1, -0.05) is 18.9 Å². The zero-order chi connectivity index (χ0) is 10.7. The lowest BCUT2D eigenvalue weighted by Crippen LogP contribution is -2.32. The predicted octanol–water partition coefficient (Wildman–Crippen LogP) is 2.51. The second kappa shape index (κ2) is 4.19. The minimum atomic E-state index is -0.702. The van der Waals surface area contributed by atoms with Crippen LogP contribution in [0.15, 0.2) is 24.3 Å². The minimum Gasteiger partial charge on any atom is -0.490 e. The Balaban J connectivity index is 1.92. The zero-order valence-corrected chi connectivity index (χ0v) is 8.58. The second-order valence-electron chi connectivity index (χ2n) is 4.18. The number of benzene rings is 1. The maximum Gasteiger partial charge on any atom is 0.126 e. The van der Waals surface area contributed by atoms with Crippen LogP contribution >= 0.6 is 0 Å². The molecule has 1 aromatic rings. The van der Waals surface area contributed by atoms with Gasteiger partial charge in [-0.2, -0.15) is 0 Å². The monoisotopic (exact) mass is 210 g/mol. The van der Waals surface area contributed by atoms with Gasteiger partial charge in [0.15, 0.2) is 0 Å². The molecule has 1 saturated carbocycles. The molecule has 1 aromatic carbocycles. The van der Waals surface area contributed by atoms with E-state index in [4.69, 9.17) is 4.74 Å². The third kappa shape index (κ3) is 2.69. The van der Waals surface area contributed by atoms with Gasteiger partial charge in [-0.15, -0.1) is 0 Å². The molecule has 0 saturated heterocycles. The molecule has 3 heteroatoms. The van der Waals surface area contributed by atoms with Gasteiger partial charge in [-0.05, 0) is 25.0 Å². The van der Waals surface area contributed by atoms with Crippen molar-refractivity contribution >= 4 is 0 Å². The Labute approximate surface area is 88.7 Å². The van der Waals surface area contributed by atoms with E-state index >= 15 is 0 Å². The highest BCUT2D eigenvalue weighted by Gasteiger charge is 2.31. The first-order valence-electron chi connectivity index (χ1n) is 5.29. The third-order valence-electron chi connectivity index (χ3n) is 2.84. The van der Waals surface area contributed by atoms with Gasteiger partial charge in [-0.3, -0.25) is 0 Å². The Hall–Kier alpha value is -1.09. The average Bonchev–Trinajstić information content (AvgIpc) is 2.63. The van der Waals surface area contributed by atoms with Crippen molar-refractivity contribution in [1.82, 2.24) is 0 Å². The van der Waals surface area contributed by atoms with Gasteiger partial charge in [-0.25, -0.2) is 4.39 Å². The van der Waals surface area contributed by atoms with Crippen molar-refractivity contribution in [3.8, 4) is 5.75 Å². The first-order chi connectivity index (χ1) is 7.18. The third-order valence-corrected chi connectivity index (χ3v) is 2.84. The number of halogens is 1. The molecular weight excluding hydrogens is 195 g/mol. The first kappa shape index (κ1) is 10.4. The van der Waals surface area contributed by atoms with E-state index in [0.717, 1.165) is 25.7 Å². The topological polar surface area (TPSA) is 29.5 Å². The van der Waals surface area contributed by atoms with Gasteiger partial charge in [0.05, 0.1) is 5.60 Å².